The van der Waals surface area contributed by atoms with Gasteiger partial charge < -0.3 is 0 Å². The molecule has 1 aromatic carbocycles. The van der Waals surface area contributed by atoms with Gasteiger partial charge in [0.15, 0.2) is 5.82 Å². The van der Waals surface area contributed by atoms with E-state index >= 15 is 0 Å². The van der Waals surface area contributed by atoms with Gasteiger partial charge in [0.2, 0.25) is 5.91 Å². The molecule has 136 valence electrons. The summed E-state index contributed by atoms with van der Waals surface area (Å²) in [6.07, 6.45) is 3.49. The maximum absolute atomic E-state index is 13.0. The van der Waals surface area contributed by atoms with Crippen LogP contribution < -0.4 is 4.90 Å². The van der Waals surface area contributed by atoms with Gasteiger partial charge in [-0.2, -0.15) is 15.3 Å². The van der Waals surface area contributed by atoms with E-state index in [9.17, 15) is 4.79 Å². The van der Waals surface area contributed by atoms with Gasteiger partial charge in [0.05, 0.1) is 17.6 Å². The van der Waals surface area contributed by atoms with Gasteiger partial charge in [0.25, 0.3) is 0 Å². The third kappa shape index (κ3) is 2.90. The Hall–Kier alpha value is -2.73. The van der Waals surface area contributed by atoms with E-state index in [0.29, 0.717) is 16.8 Å². The number of amides is 1. The number of aromatic amines is 1. The normalized spacial score (nSPS) is 23.6. The first-order chi connectivity index (χ1) is 13.1. The van der Waals surface area contributed by atoms with Gasteiger partial charge in [0, 0.05) is 28.6 Å². The summed E-state index contributed by atoms with van der Waals surface area (Å²) >= 11 is 5.96. The molecule has 0 spiro atoms. The third-order valence-electron chi connectivity index (χ3n) is 5.48. The second-order valence-electron chi connectivity index (χ2n) is 7.34. The van der Waals surface area contributed by atoms with Crippen LogP contribution in [-0.2, 0) is 11.2 Å². The number of hydrogen-bond donors (Lipinski definition) is 1. The van der Waals surface area contributed by atoms with Crippen molar-refractivity contribution in [2.45, 2.75) is 25.8 Å². The summed E-state index contributed by atoms with van der Waals surface area (Å²) in [7, 11) is 0. The number of halogens is 1. The van der Waals surface area contributed by atoms with Crippen LogP contribution in [0.4, 0.5) is 5.82 Å². The summed E-state index contributed by atoms with van der Waals surface area (Å²) in [5.74, 6) is 1.28. The number of nitrogens with one attached hydrogen (secondary N) is 1. The van der Waals surface area contributed by atoms with E-state index in [1.54, 1.807) is 6.20 Å². The van der Waals surface area contributed by atoms with Gasteiger partial charge in [-0.15, -0.1) is 0 Å². The Kier molecular flexibility index (Phi) is 3.75. The summed E-state index contributed by atoms with van der Waals surface area (Å²) in [6.45, 7) is 1.90. The fraction of sp³-hybridized carbons (Fsp3) is 0.300. The Morgan fingerprint density at radius 1 is 1.26 bits per heavy atom. The number of benzene rings is 1. The van der Waals surface area contributed by atoms with Crippen molar-refractivity contribution in [1.82, 2.24) is 20.4 Å². The van der Waals surface area contributed by atoms with Gasteiger partial charge in [-0.1, -0.05) is 23.7 Å². The number of carbonyl (C=O) groups excluding carboxylic acids is 1. The number of nitrogens with zero attached hydrogens (tertiary/aromatic N) is 4. The number of piperidine rings is 1. The number of hydrogen-bond acceptors (Lipinski definition) is 4. The van der Waals surface area contributed by atoms with Gasteiger partial charge in [-0.05, 0) is 49.4 Å². The molecule has 1 amide bonds. The second-order valence-corrected chi connectivity index (χ2v) is 7.77. The van der Waals surface area contributed by atoms with Gasteiger partial charge >= 0.3 is 0 Å². The molecule has 0 radical (unpaired) electrons. The van der Waals surface area contributed by atoms with E-state index in [-0.39, 0.29) is 17.9 Å². The average molecular weight is 380 g/mol. The highest BCUT2D eigenvalue weighted by Gasteiger charge is 2.59. The largest absolute Gasteiger partial charge is 0.292 e. The first-order valence-corrected chi connectivity index (χ1v) is 9.40. The van der Waals surface area contributed by atoms with Crippen LogP contribution in [0, 0.1) is 18.8 Å². The highest BCUT2D eigenvalue weighted by molar-refractivity contribution is 6.30. The van der Waals surface area contributed by atoms with Gasteiger partial charge in [-0.3, -0.25) is 14.8 Å². The lowest BCUT2D eigenvalue weighted by molar-refractivity contribution is -0.121. The molecule has 7 heteroatoms. The van der Waals surface area contributed by atoms with Crippen molar-refractivity contribution in [1.29, 1.82) is 0 Å². The lowest BCUT2D eigenvalue weighted by Gasteiger charge is -2.18. The number of aromatic nitrogens is 4. The van der Waals surface area contributed by atoms with Crippen molar-refractivity contribution in [3.8, 4) is 11.3 Å². The van der Waals surface area contributed by atoms with Crippen LogP contribution in [0.25, 0.3) is 11.3 Å². The molecular weight excluding hydrogens is 362 g/mol. The van der Waals surface area contributed by atoms with E-state index in [0.717, 1.165) is 35.4 Å². The molecule has 5 rings (SSSR count). The molecule has 2 aliphatic rings. The molecule has 2 fully saturated rings. The second kappa shape index (κ2) is 6.16. The predicted molar refractivity (Wildman–Crippen MR) is 102 cm³/mol. The number of anilines is 1. The molecule has 1 aliphatic heterocycles. The molecule has 1 saturated heterocycles. The fourth-order valence-corrected chi connectivity index (χ4v) is 4.18. The Labute approximate surface area is 161 Å². The number of fused-ring (bicyclic) bond motifs is 1. The predicted octanol–water partition coefficient (Wildman–Crippen LogP) is 3.42. The van der Waals surface area contributed by atoms with Crippen LogP contribution in [0.3, 0.4) is 0 Å². The first-order valence-electron chi connectivity index (χ1n) is 9.03. The molecule has 2 aromatic heterocycles. The molecule has 3 aromatic rings. The van der Waals surface area contributed by atoms with Crippen LogP contribution in [-0.4, -0.2) is 32.3 Å². The minimum atomic E-state index is 0.0150. The van der Waals surface area contributed by atoms with Crippen molar-refractivity contribution in [3.05, 3.63) is 58.9 Å². The van der Waals surface area contributed by atoms with Crippen molar-refractivity contribution >= 4 is 23.3 Å². The molecule has 1 aliphatic carbocycles. The number of carbonyl (C=O) groups is 1. The number of aryl methyl sites for hydroxylation is 1. The topological polar surface area (TPSA) is 74.8 Å². The molecule has 3 unspecified atom stereocenters. The molecular formula is C20H18ClN5O. The highest BCUT2D eigenvalue weighted by Crippen LogP contribution is 2.51. The van der Waals surface area contributed by atoms with Crippen LogP contribution >= 0.6 is 11.6 Å². The van der Waals surface area contributed by atoms with E-state index < -0.39 is 0 Å². The smallest absolute Gasteiger partial charge is 0.232 e. The van der Waals surface area contributed by atoms with E-state index in [2.05, 4.69) is 20.4 Å². The molecule has 6 nitrogen and oxygen atoms in total. The van der Waals surface area contributed by atoms with Gasteiger partial charge in [-0.25, -0.2) is 0 Å². The van der Waals surface area contributed by atoms with Crippen molar-refractivity contribution < 1.29 is 4.79 Å². The van der Waals surface area contributed by atoms with E-state index in [1.165, 1.54) is 0 Å². The SMILES string of the molecule is Cc1cc(-c2cc(N3C(=O)C(Cc4ccc(Cl)cc4)C4CC43)n[nH]2)cnn1. The molecule has 1 N–H and O–H groups in total. The van der Waals surface area contributed by atoms with Crippen molar-refractivity contribution in [2.75, 3.05) is 4.90 Å². The molecule has 3 atom stereocenters. The lowest BCUT2D eigenvalue weighted by Crippen LogP contribution is -2.32. The Balaban J connectivity index is 1.38. The first kappa shape index (κ1) is 16.4. The standard InChI is InChI=1S/C20H18ClN5O/c1-11-6-13(10-22-23-11)17-9-19(25-24-17)26-18-8-15(18)16(20(26)27)7-12-2-4-14(21)5-3-12/h2-6,9-10,15-16,18H,7-8H2,1H3,(H,24,25). The quantitative estimate of drug-likeness (QED) is 0.753. The zero-order valence-electron chi connectivity index (χ0n) is 14.8. The third-order valence-corrected chi connectivity index (χ3v) is 5.73. The minimum absolute atomic E-state index is 0.0150. The van der Waals surface area contributed by atoms with Gasteiger partial charge in [0.1, 0.15) is 0 Å². The summed E-state index contributed by atoms with van der Waals surface area (Å²) in [5.41, 5.74) is 3.74. The van der Waals surface area contributed by atoms with Crippen LogP contribution in [0.15, 0.2) is 42.6 Å². The fourth-order valence-electron chi connectivity index (χ4n) is 4.05. The van der Waals surface area contributed by atoms with Crippen LogP contribution in [0.5, 0.6) is 0 Å². The molecule has 0 bridgehead atoms. The average Bonchev–Trinajstić information content (AvgIpc) is 3.17. The Bertz CT molecular complexity index is 1020. The Morgan fingerprint density at radius 3 is 2.85 bits per heavy atom. The minimum Gasteiger partial charge on any atom is -0.292 e. The molecule has 27 heavy (non-hydrogen) atoms. The number of H-pyrrole nitrogens is 1. The Morgan fingerprint density at radius 2 is 2.07 bits per heavy atom. The van der Waals surface area contributed by atoms with Crippen molar-refractivity contribution in [2.24, 2.45) is 11.8 Å². The molecule has 3 heterocycles. The monoisotopic (exact) mass is 379 g/mol. The maximum atomic E-state index is 13.0. The van der Waals surface area contributed by atoms with E-state index in [1.807, 2.05) is 48.2 Å². The molecule has 1 saturated carbocycles. The van der Waals surface area contributed by atoms with Crippen molar-refractivity contribution in [3.63, 3.8) is 0 Å². The lowest BCUT2D eigenvalue weighted by atomic mass is 9.95. The summed E-state index contributed by atoms with van der Waals surface area (Å²) in [6, 6.07) is 11.9. The van der Waals surface area contributed by atoms with E-state index in [4.69, 9.17) is 11.6 Å². The maximum Gasteiger partial charge on any atom is 0.232 e. The zero-order valence-corrected chi connectivity index (χ0v) is 15.5. The summed E-state index contributed by atoms with van der Waals surface area (Å²) < 4.78 is 0. The van der Waals surface area contributed by atoms with Crippen LogP contribution in [0.2, 0.25) is 5.02 Å². The highest BCUT2D eigenvalue weighted by atomic mass is 35.5. The summed E-state index contributed by atoms with van der Waals surface area (Å²) in [4.78, 5) is 14.9. The summed E-state index contributed by atoms with van der Waals surface area (Å²) in [5, 5.41) is 16.1. The zero-order chi connectivity index (χ0) is 18.5. The van der Waals surface area contributed by atoms with Crippen LogP contribution in [0.1, 0.15) is 17.7 Å². The number of rotatable bonds is 4.